The van der Waals surface area contributed by atoms with Crippen LogP contribution in [0, 0.1) is 25.7 Å². The number of aliphatic hydroxyl groups is 1. The molecule has 0 radical (unpaired) electrons. The second-order valence-corrected chi connectivity index (χ2v) is 7.04. The van der Waals surface area contributed by atoms with Crippen LogP contribution in [-0.2, 0) is 0 Å². The highest BCUT2D eigenvalue weighted by molar-refractivity contribution is 5.91. The fraction of sp³-hybridized carbons (Fsp3) is 0.474. The summed E-state index contributed by atoms with van der Waals surface area (Å²) in [4.78, 5) is 14.4. The third-order valence-electron chi connectivity index (χ3n) is 4.15. The Morgan fingerprint density at radius 1 is 1.40 bits per heavy atom. The Balaban J connectivity index is 1.69. The SMILES string of the molecule is Cc1cc(C)n(C2CCN(C(=O)c3ccc(C#CC(C)(C)O)o3)C2)n1. The van der Waals surface area contributed by atoms with Gasteiger partial charge in [0.1, 0.15) is 5.60 Å². The Kier molecular flexibility index (Phi) is 4.44. The van der Waals surface area contributed by atoms with Crippen LogP contribution in [0.1, 0.15) is 54.0 Å². The first kappa shape index (κ1) is 17.3. The maximum absolute atomic E-state index is 12.6. The monoisotopic (exact) mass is 341 g/mol. The zero-order chi connectivity index (χ0) is 18.2. The van der Waals surface area contributed by atoms with Crippen molar-refractivity contribution in [1.82, 2.24) is 14.7 Å². The van der Waals surface area contributed by atoms with Gasteiger partial charge in [-0.25, -0.2) is 0 Å². The summed E-state index contributed by atoms with van der Waals surface area (Å²) in [6.45, 7) is 8.49. The molecule has 0 aliphatic carbocycles. The largest absolute Gasteiger partial charge is 0.443 e. The van der Waals surface area contributed by atoms with Crippen molar-refractivity contribution in [3.8, 4) is 11.8 Å². The molecule has 2 aromatic rings. The molecule has 1 N–H and O–H groups in total. The maximum atomic E-state index is 12.6. The van der Waals surface area contributed by atoms with Crippen molar-refractivity contribution in [2.75, 3.05) is 13.1 Å². The highest BCUT2D eigenvalue weighted by Gasteiger charge is 2.30. The number of nitrogens with zero attached hydrogens (tertiary/aromatic N) is 3. The molecule has 3 rings (SSSR count). The molecule has 0 aromatic carbocycles. The van der Waals surface area contributed by atoms with Crippen molar-refractivity contribution in [3.63, 3.8) is 0 Å². The van der Waals surface area contributed by atoms with Gasteiger partial charge in [0.15, 0.2) is 11.5 Å². The van der Waals surface area contributed by atoms with E-state index in [4.69, 9.17) is 4.42 Å². The topological polar surface area (TPSA) is 71.5 Å². The van der Waals surface area contributed by atoms with Crippen molar-refractivity contribution in [1.29, 1.82) is 0 Å². The van der Waals surface area contributed by atoms with Crippen LogP contribution in [0.5, 0.6) is 0 Å². The van der Waals surface area contributed by atoms with Gasteiger partial charge in [0.2, 0.25) is 0 Å². The Labute approximate surface area is 147 Å². The lowest BCUT2D eigenvalue weighted by molar-refractivity contribution is 0.0754. The van der Waals surface area contributed by atoms with Gasteiger partial charge in [-0.05, 0) is 58.2 Å². The Morgan fingerprint density at radius 3 is 2.80 bits per heavy atom. The number of likely N-dealkylation sites (tertiary alicyclic amines) is 1. The summed E-state index contributed by atoms with van der Waals surface area (Å²) in [5.74, 6) is 5.92. The van der Waals surface area contributed by atoms with Crippen LogP contribution in [0.3, 0.4) is 0 Å². The molecule has 1 fully saturated rings. The van der Waals surface area contributed by atoms with E-state index in [2.05, 4.69) is 16.9 Å². The normalized spacial score (nSPS) is 17.5. The van der Waals surface area contributed by atoms with Gasteiger partial charge in [0.25, 0.3) is 5.91 Å². The minimum Gasteiger partial charge on any atom is -0.443 e. The molecule has 1 atom stereocenters. The molecule has 1 amide bonds. The molecule has 2 aromatic heterocycles. The summed E-state index contributed by atoms with van der Waals surface area (Å²) in [6, 6.07) is 5.53. The van der Waals surface area contributed by atoms with Crippen molar-refractivity contribution in [2.45, 2.75) is 45.8 Å². The number of rotatable bonds is 2. The van der Waals surface area contributed by atoms with Crippen LogP contribution in [0.15, 0.2) is 22.6 Å². The fourth-order valence-corrected chi connectivity index (χ4v) is 3.03. The lowest BCUT2D eigenvalue weighted by Gasteiger charge is -2.16. The molecule has 6 nitrogen and oxygen atoms in total. The first-order valence-electron chi connectivity index (χ1n) is 8.40. The lowest BCUT2D eigenvalue weighted by Crippen LogP contribution is -2.29. The minimum absolute atomic E-state index is 0.139. The molecule has 132 valence electrons. The molecule has 25 heavy (non-hydrogen) atoms. The summed E-state index contributed by atoms with van der Waals surface area (Å²) in [5, 5.41) is 14.2. The minimum atomic E-state index is -1.10. The van der Waals surface area contributed by atoms with Crippen molar-refractivity contribution >= 4 is 5.91 Å². The highest BCUT2D eigenvalue weighted by atomic mass is 16.4. The smallest absolute Gasteiger partial charge is 0.289 e. The van der Waals surface area contributed by atoms with E-state index < -0.39 is 5.60 Å². The molecule has 3 heterocycles. The number of aryl methyl sites for hydroxylation is 2. The number of aromatic nitrogens is 2. The van der Waals surface area contributed by atoms with Gasteiger partial charge in [0.05, 0.1) is 11.7 Å². The van der Waals surface area contributed by atoms with Gasteiger partial charge in [-0.3, -0.25) is 9.48 Å². The molecule has 0 saturated carbocycles. The third-order valence-corrected chi connectivity index (χ3v) is 4.15. The molecule has 1 unspecified atom stereocenters. The van der Waals surface area contributed by atoms with Crippen LogP contribution in [0.4, 0.5) is 0 Å². The van der Waals surface area contributed by atoms with E-state index >= 15 is 0 Å². The standard InChI is InChI=1S/C19H23N3O3/c1-13-11-14(2)22(20-13)15-8-10-21(12-15)18(23)17-6-5-16(25-17)7-9-19(3,4)24/h5-6,11,15,24H,8,10,12H2,1-4H3. The van der Waals surface area contributed by atoms with Crippen molar-refractivity contribution < 1.29 is 14.3 Å². The second-order valence-electron chi connectivity index (χ2n) is 7.04. The quantitative estimate of drug-likeness (QED) is 0.851. The van der Waals surface area contributed by atoms with Crippen LogP contribution in [0.2, 0.25) is 0 Å². The fourth-order valence-electron chi connectivity index (χ4n) is 3.03. The molecule has 1 aliphatic heterocycles. The molecular formula is C19H23N3O3. The molecule has 6 heteroatoms. The van der Waals surface area contributed by atoms with E-state index in [9.17, 15) is 9.90 Å². The number of furan rings is 1. The number of carbonyl (C=O) groups excluding carboxylic acids is 1. The number of carbonyl (C=O) groups is 1. The van der Waals surface area contributed by atoms with Gasteiger partial charge in [-0.2, -0.15) is 5.10 Å². The zero-order valence-electron chi connectivity index (χ0n) is 15.0. The zero-order valence-corrected chi connectivity index (χ0v) is 15.0. The van der Waals surface area contributed by atoms with E-state index in [1.807, 2.05) is 24.6 Å². The van der Waals surface area contributed by atoms with Crippen molar-refractivity contribution in [2.24, 2.45) is 0 Å². The molecule has 1 saturated heterocycles. The maximum Gasteiger partial charge on any atom is 0.289 e. The first-order valence-corrected chi connectivity index (χ1v) is 8.40. The second kappa shape index (κ2) is 6.41. The lowest BCUT2D eigenvalue weighted by atomic mass is 10.1. The van der Waals surface area contributed by atoms with Gasteiger partial charge >= 0.3 is 0 Å². The van der Waals surface area contributed by atoms with Crippen molar-refractivity contribution in [3.05, 3.63) is 41.1 Å². The van der Waals surface area contributed by atoms with Gasteiger partial charge < -0.3 is 14.4 Å². The Morgan fingerprint density at radius 2 is 2.16 bits per heavy atom. The van der Waals surface area contributed by atoms with E-state index in [-0.39, 0.29) is 17.7 Å². The van der Waals surface area contributed by atoms with Gasteiger partial charge in [-0.1, -0.05) is 5.92 Å². The predicted octanol–water partition coefficient (Wildman–Crippen LogP) is 2.30. The molecule has 0 spiro atoms. The Bertz CT molecular complexity index is 845. The van der Waals surface area contributed by atoms with Crippen LogP contribution in [0.25, 0.3) is 0 Å². The number of hydrogen-bond donors (Lipinski definition) is 1. The summed E-state index contributed by atoms with van der Waals surface area (Å²) in [6.07, 6.45) is 0.875. The average Bonchev–Trinajstić information content (AvgIpc) is 3.23. The first-order chi connectivity index (χ1) is 11.7. The highest BCUT2D eigenvalue weighted by Crippen LogP contribution is 2.25. The molecular weight excluding hydrogens is 318 g/mol. The summed E-state index contributed by atoms with van der Waals surface area (Å²) >= 11 is 0. The third kappa shape index (κ3) is 3.94. The summed E-state index contributed by atoms with van der Waals surface area (Å²) in [5.41, 5.74) is 1.00. The van der Waals surface area contributed by atoms with Crippen LogP contribution < -0.4 is 0 Å². The van der Waals surface area contributed by atoms with Crippen LogP contribution >= 0.6 is 0 Å². The Hall–Kier alpha value is -2.52. The molecule has 0 bridgehead atoms. The average molecular weight is 341 g/mol. The van der Waals surface area contributed by atoms with Gasteiger partial charge in [0, 0.05) is 18.8 Å². The predicted molar refractivity (Wildman–Crippen MR) is 93.1 cm³/mol. The van der Waals surface area contributed by atoms with E-state index in [0.717, 1.165) is 17.8 Å². The summed E-state index contributed by atoms with van der Waals surface area (Å²) < 4.78 is 7.53. The number of amides is 1. The molecule has 1 aliphatic rings. The number of hydrogen-bond acceptors (Lipinski definition) is 4. The summed E-state index contributed by atoms with van der Waals surface area (Å²) in [7, 11) is 0. The van der Waals surface area contributed by atoms with E-state index in [0.29, 0.717) is 18.8 Å². The van der Waals surface area contributed by atoms with Gasteiger partial charge in [-0.15, -0.1) is 0 Å². The van der Waals surface area contributed by atoms with E-state index in [1.165, 1.54) is 0 Å². The van der Waals surface area contributed by atoms with Crippen LogP contribution in [-0.4, -0.2) is 44.4 Å². The van der Waals surface area contributed by atoms with E-state index in [1.54, 1.807) is 30.9 Å².